The fourth-order valence-electron chi connectivity index (χ4n) is 1.47. The van der Waals surface area contributed by atoms with Crippen LogP contribution in [0.1, 0.15) is 17.0 Å². The number of hydrogen-bond donors (Lipinski definition) is 0. The summed E-state index contributed by atoms with van der Waals surface area (Å²) in [6.45, 7) is 0.601. The number of nitrogens with zero attached hydrogens (tertiary/aromatic N) is 2. The molecule has 0 spiro atoms. The van der Waals surface area contributed by atoms with Gasteiger partial charge < -0.3 is 14.0 Å². The molecular weight excluding hydrogens is 268 g/mol. The molecule has 0 N–H and O–H groups in total. The zero-order valence-corrected chi connectivity index (χ0v) is 11.0. The highest BCUT2D eigenvalue weighted by Gasteiger charge is 2.07. The largest absolute Gasteiger partial charge is 0.486 e. The summed E-state index contributed by atoms with van der Waals surface area (Å²) in [4.78, 5) is 0. The lowest BCUT2D eigenvalue weighted by Crippen LogP contribution is -1.96. The topological polar surface area (TPSA) is 68.3 Å². The van der Waals surface area contributed by atoms with Crippen molar-refractivity contribution >= 4 is 11.6 Å². The number of halogens is 1. The van der Waals surface area contributed by atoms with E-state index >= 15 is 0 Å². The van der Waals surface area contributed by atoms with Crippen molar-refractivity contribution in [2.24, 2.45) is 0 Å². The van der Waals surface area contributed by atoms with Crippen LogP contribution < -0.4 is 4.74 Å². The zero-order chi connectivity index (χ0) is 13.7. The van der Waals surface area contributed by atoms with Crippen molar-refractivity contribution < 1.29 is 14.0 Å². The first-order valence-electron chi connectivity index (χ1n) is 5.49. The van der Waals surface area contributed by atoms with E-state index in [4.69, 9.17) is 30.9 Å². The predicted octanol–water partition coefficient (Wildman–Crippen LogP) is 2.93. The summed E-state index contributed by atoms with van der Waals surface area (Å²) in [5.41, 5.74) is 1.13. The van der Waals surface area contributed by atoms with Gasteiger partial charge in [0.15, 0.2) is 5.76 Å². The van der Waals surface area contributed by atoms with E-state index in [1.807, 2.05) is 6.07 Å². The number of ether oxygens (including phenoxy) is 2. The van der Waals surface area contributed by atoms with Crippen LogP contribution in [0.3, 0.4) is 0 Å². The van der Waals surface area contributed by atoms with Crippen LogP contribution in [0, 0.1) is 11.3 Å². The summed E-state index contributed by atoms with van der Waals surface area (Å²) < 4.78 is 15.5. The molecule has 0 saturated heterocycles. The molecule has 19 heavy (non-hydrogen) atoms. The Morgan fingerprint density at radius 3 is 2.89 bits per heavy atom. The van der Waals surface area contributed by atoms with Gasteiger partial charge in [-0.1, -0.05) is 16.8 Å². The third-order valence-electron chi connectivity index (χ3n) is 2.33. The van der Waals surface area contributed by atoms with Crippen LogP contribution in [0.15, 0.2) is 28.8 Å². The average Bonchev–Trinajstić information content (AvgIpc) is 2.85. The van der Waals surface area contributed by atoms with Crippen LogP contribution in [0.2, 0.25) is 5.02 Å². The maximum Gasteiger partial charge on any atom is 0.162 e. The van der Waals surface area contributed by atoms with Crippen LogP contribution in [-0.4, -0.2) is 12.3 Å². The van der Waals surface area contributed by atoms with Gasteiger partial charge in [-0.15, -0.1) is 0 Å². The molecule has 6 heteroatoms. The molecule has 0 saturated carbocycles. The minimum absolute atomic E-state index is 0.235. The standard InChI is InChI=1S/C13H11ClN2O3/c1-17-8-11-5-10(16-19-11)7-18-13-3-2-9(6-15)4-12(13)14/h2-5H,7-8H2,1H3. The van der Waals surface area contributed by atoms with Crippen LogP contribution in [0.4, 0.5) is 0 Å². The summed E-state index contributed by atoms with van der Waals surface area (Å²) in [5, 5.41) is 13.0. The quantitative estimate of drug-likeness (QED) is 0.841. The Kier molecular flexibility index (Phi) is 4.39. The van der Waals surface area contributed by atoms with E-state index in [0.29, 0.717) is 34.4 Å². The van der Waals surface area contributed by atoms with Crippen molar-refractivity contribution in [1.82, 2.24) is 5.16 Å². The van der Waals surface area contributed by atoms with Crippen molar-refractivity contribution in [2.45, 2.75) is 13.2 Å². The summed E-state index contributed by atoms with van der Waals surface area (Å²) in [7, 11) is 1.58. The maximum atomic E-state index is 8.73. The van der Waals surface area contributed by atoms with E-state index in [2.05, 4.69) is 5.16 Å². The molecule has 0 amide bonds. The number of nitriles is 1. The highest BCUT2D eigenvalue weighted by Crippen LogP contribution is 2.26. The van der Waals surface area contributed by atoms with Crippen molar-refractivity contribution in [3.8, 4) is 11.8 Å². The van der Waals surface area contributed by atoms with Gasteiger partial charge in [-0.05, 0) is 18.2 Å². The highest BCUT2D eigenvalue weighted by molar-refractivity contribution is 6.32. The molecule has 0 unspecified atom stereocenters. The van der Waals surface area contributed by atoms with Gasteiger partial charge in [0.2, 0.25) is 0 Å². The normalized spacial score (nSPS) is 10.2. The Hall–Kier alpha value is -2.03. The number of methoxy groups -OCH3 is 1. The molecule has 2 aromatic rings. The molecule has 0 aliphatic carbocycles. The van der Waals surface area contributed by atoms with E-state index in [-0.39, 0.29) is 6.61 Å². The Morgan fingerprint density at radius 1 is 1.37 bits per heavy atom. The van der Waals surface area contributed by atoms with E-state index in [9.17, 15) is 0 Å². The second kappa shape index (κ2) is 6.23. The van der Waals surface area contributed by atoms with Gasteiger partial charge in [0.1, 0.15) is 24.7 Å². The van der Waals surface area contributed by atoms with Crippen molar-refractivity contribution in [3.05, 3.63) is 46.3 Å². The van der Waals surface area contributed by atoms with Crippen LogP contribution in [0.5, 0.6) is 5.75 Å². The Labute approximate surface area is 115 Å². The first kappa shape index (κ1) is 13.4. The molecule has 0 fully saturated rings. The lowest BCUT2D eigenvalue weighted by molar-refractivity contribution is 0.155. The van der Waals surface area contributed by atoms with Gasteiger partial charge in [0.05, 0.1) is 16.7 Å². The van der Waals surface area contributed by atoms with Crippen molar-refractivity contribution in [2.75, 3.05) is 7.11 Å². The van der Waals surface area contributed by atoms with Crippen LogP contribution in [0.25, 0.3) is 0 Å². The van der Waals surface area contributed by atoms with E-state index in [1.165, 1.54) is 0 Å². The molecule has 98 valence electrons. The minimum Gasteiger partial charge on any atom is -0.486 e. The van der Waals surface area contributed by atoms with Gasteiger partial charge in [0.25, 0.3) is 0 Å². The SMILES string of the molecule is COCc1cc(COc2ccc(C#N)cc2Cl)no1. The third-order valence-corrected chi connectivity index (χ3v) is 2.63. The lowest BCUT2D eigenvalue weighted by Gasteiger charge is -2.05. The molecular formula is C13H11ClN2O3. The summed E-state index contributed by atoms with van der Waals surface area (Å²) in [6, 6.07) is 8.60. The minimum atomic E-state index is 0.235. The lowest BCUT2D eigenvalue weighted by atomic mass is 10.2. The number of hydrogen-bond acceptors (Lipinski definition) is 5. The zero-order valence-electron chi connectivity index (χ0n) is 10.2. The first-order valence-corrected chi connectivity index (χ1v) is 5.86. The third kappa shape index (κ3) is 3.47. The Morgan fingerprint density at radius 2 is 2.21 bits per heavy atom. The maximum absolute atomic E-state index is 8.73. The molecule has 0 radical (unpaired) electrons. The van der Waals surface area contributed by atoms with Crippen LogP contribution in [-0.2, 0) is 18.0 Å². The highest BCUT2D eigenvalue weighted by atomic mass is 35.5. The summed E-state index contributed by atoms with van der Waals surface area (Å²) >= 11 is 5.99. The monoisotopic (exact) mass is 278 g/mol. The number of rotatable bonds is 5. The van der Waals surface area contributed by atoms with E-state index in [1.54, 1.807) is 31.4 Å². The molecule has 2 rings (SSSR count). The van der Waals surface area contributed by atoms with E-state index < -0.39 is 0 Å². The molecule has 0 aliphatic rings. The molecule has 1 aromatic carbocycles. The van der Waals surface area contributed by atoms with Gasteiger partial charge >= 0.3 is 0 Å². The predicted molar refractivity (Wildman–Crippen MR) is 67.7 cm³/mol. The second-order valence-corrected chi connectivity index (χ2v) is 4.17. The van der Waals surface area contributed by atoms with Gasteiger partial charge in [0, 0.05) is 13.2 Å². The molecule has 0 bridgehead atoms. The van der Waals surface area contributed by atoms with Gasteiger partial charge in [-0.25, -0.2) is 0 Å². The molecule has 0 atom stereocenters. The second-order valence-electron chi connectivity index (χ2n) is 3.76. The number of benzene rings is 1. The van der Waals surface area contributed by atoms with Crippen LogP contribution >= 0.6 is 11.6 Å². The molecule has 1 aromatic heterocycles. The fraction of sp³-hybridized carbons (Fsp3) is 0.231. The summed E-state index contributed by atoms with van der Waals surface area (Å²) in [6.07, 6.45) is 0. The number of aromatic nitrogens is 1. The van der Waals surface area contributed by atoms with Crippen molar-refractivity contribution in [3.63, 3.8) is 0 Å². The average molecular weight is 279 g/mol. The van der Waals surface area contributed by atoms with Gasteiger partial charge in [-0.2, -0.15) is 5.26 Å². The molecule has 1 heterocycles. The van der Waals surface area contributed by atoms with E-state index in [0.717, 1.165) is 0 Å². The van der Waals surface area contributed by atoms with Gasteiger partial charge in [-0.3, -0.25) is 0 Å². The fourth-order valence-corrected chi connectivity index (χ4v) is 1.71. The Balaban J connectivity index is 2.00. The molecule has 0 aliphatic heterocycles. The molecule has 5 nitrogen and oxygen atoms in total. The smallest absolute Gasteiger partial charge is 0.162 e. The first-order chi connectivity index (χ1) is 9.22. The summed E-state index contributed by atoms with van der Waals surface area (Å²) in [5.74, 6) is 1.13. The van der Waals surface area contributed by atoms with Crippen molar-refractivity contribution in [1.29, 1.82) is 5.26 Å². The Bertz CT molecular complexity index is 604.